The minimum atomic E-state index is -0.894. The number of aromatic hydroxyl groups is 1. The fourth-order valence-electron chi connectivity index (χ4n) is 2.80. The van der Waals surface area contributed by atoms with Gasteiger partial charge in [-0.25, -0.2) is 5.43 Å². The molecule has 0 saturated heterocycles. The van der Waals surface area contributed by atoms with Crippen LogP contribution in [-0.2, 0) is 20.4 Å². The van der Waals surface area contributed by atoms with E-state index in [0.29, 0.717) is 11.3 Å². The zero-order valence-corrected chi connectivity index (χ0v) is 18.8. The monoisotopic (exact) mass is 409 g/mol. The number of anilines is 1. The molecule has 0 unspecified atom stereocenters. The number of carbonyl (C=O) groups is 2. The van der Waals surface area contributed by atoms with Gasteiger partial charge < -0.3 is 10.4 Å². The molecule has 30 heavy (non-hydrogen) atoms. The van der Waals surface area contributed by atoms with Crippen LogP contribution in [0.4, 0.5) is 5.69 Å². The Kier molecular flexibility index (Phi) is 6.70. The topological polar surface area (TPSA) is 90.8 Å². The highest BCUT2D eigenvalue weighted by Gasteiger charge is 2.24. The van der Waals surface area contributed by atoms with E-state index >= 15 is 0 Å². The lowest BCUT2D eigenvalue weighted by Gasteiger charge is -2.26. The van der Waals surface area contributed by atoms with E-state index in [-0.39, 0.29) is 16.6 Å². The van der Waals surface area contributed by atoms with Gasteiger partial charge in [-0.05, 0) is 41.5 Å². The van der Waals surface area contributed by atoms with Gasteiger partial charge in [0.2, 0.25) is 0 Å². The summed E-state index contributed by atoms with van der Waals surface area (Å²) < 4.78 is 0. The summed E-state index contributed by atoms with van der Waals surface area (Å²) in [5.74, 6) is -1.61. The molecule has 2 amide bonds. The van der Waals surface area contributed by atoms with Crippen molar-refractivity contribution in [2.24, 2.45) is 5.10 Å². The van der Waals surface area contributed by atoms with Crippen molar-refractivity contribution in [3.63, 3.8) is 0 Å². The summed E-state index contributed by atoms with van der Waals surface area (Å²) in [6.45, 7) is 14.3. The molecule has 0 spiro atoms. The molecule has 3 N–H and O–H groups in total. The molecule has 6 nitrogen and oxygen atoms in total. The van der Waals surface area contributed by atoms with Gasteiger partial charge in [0.1, 0.15) is 5.75 Å². The predicted molar refractivity (Wildman–Crippen MR) is 121 cm³/mol. The maximum atomic E-state index is 12.0. The average Bonchev–Trinajstić information content (AvgIpc) is 2.62. The number of nitrogens with one attached hydrogen (secondary N) is 2. The lowest BCUT2D eigenvalue weighted by molar-refractivity contribution is -0.136. The van der Waals surface area contributed by atoms with Gasteiger partial charge in [0.25, 0.3) is 0 Å². The summed E-state index contributed by atoms with van der Waals surface area (Å²) in [5, 5.41) is 17.1. The van der Waals surface area contributed by atoms with E-state index < -0.39 is 11.8 Å². The van der Waals surface area contributed by atoms with Crippen molar-refractivity contribution in [2.45, 2.75) is 59.3 Å². The molecule has 2 rings (SSSR count). The third-order valence-corrected chi connectivity index (χ3v) is 4.70. The van der Waals surface area contributed by atoms with Crippen LogP contribution in [0.15, 0.2) is 41.5 Å². The summed E-state index contributed by atoms with van der Waals surface area (Å²) in [6.07, 6.45) is 1.36. The van der Waals surface area contributed by atoms with Crippen LogP contribution >= 0.6 is 0 Å². The van der Waals surface area contributed by atoms with Crippen LogP contribution < -0.4 is 10.7 Å². The molecule has 0 radical (unpaired) electrons. The molecule has 0 aromatic heterocycles. The number of benzene rings is 2. The van der Waals surface area contributed by atoms with E-state index in [2.05, 4.69) is 36.6 Å². The third-order valence-electron chi connectivity index (χ3n) is 4.70. The highest BCUT2D eigenvalue weighted by Crippen LogP contribution is 2.37. The molecule has 0 fully saturated rings. The second-order valence-corrected chi connectivity index (χ2v) is 9.48. The Bertz CT molecular complexity index is 963. The molecule has 0 aliphatic rings. The summed E-state index contributed by atoms with van der Waals surface area (Å²) in [5.41, 5.74) is 5.69. The number of phenols is 1. The largest absolute Gasteiger partial charge is 0.507 e. The Hall–Kier alpha value is -3.15. The number of nitrogens with zero attached hydrogens (tertiary/aromatic N) is 1. The lowest BCUT2D eigenvalue weighted by Crippen LogP contribution is -2.32. The minimum absolute atomic E-state index is 0.109. The van der Waals surface area contributed by atoms with Crippen molar-refractivity contribution >= 4 is 23.7 Å². The van der Waals surface area contributed by atoms with Crippen molar-refractivity contribution in [3.05, 3.63) is 58.7 Å². The van der Waals surface area contributed by atoms with Gasteiger partial charge in [-0.3, -0.25) is 9.59 Å². The highest BCUT2D eigenvalue weighted by molar-refractivity contribution is 6.39. The molecule has 0 atom stereocenters. The molecule has 0 aliphatic carbocycles. The molecular formula is C24H31N3O3. The smallest absolute Gasteiger partial charge is 0.329 e. The summed E-state index contributed by atoms with van der Waals surface area (Å²) >= 11 is 0. The molecular weight excluding hydrogens is 378 g/mol. The molecule has 0 saturated carbocycles. The number of carbonyl (C=O) groups excluding carboxylic acids is 2. The molecule has 2 aromatic rings. The number of hydrogen-bond donors (Lipinski definition) is 3. The Morgan fingerprint density at radius 2 is 1.53 bits per heavy atom. The van der Waals surface area contributed by atoms with Crippen LogP contribution in [0.3, 0.4) is 0 Å². The van der Waals surface area contributed by atoms with Crippen molar-refractivity contribution in [1.82, 2.24) is 5.43 Å². The Morgan fingerprint density at radius 3 is 2.07 bits per heavy atom. The maximum absolute atomic E-state index is 12.0. The van der Waals surface area contributed by atoms with Crippen LogP contribution in [0, 0.1) is 6.92 Å². The van der Waals surface area contributed by atoms with Crippen LogP contribution in [0.1, 0.15) is 63.8 Å². The average molecular weight is 410 g/mol. The molecule has 0 aliphatic heterocycles. The molecule has 2 aromatic carbocycles. The highest BCUT2D eigenvalue weighted by atomic mass is 16.3. The fraction of sp³-hybridized carbons (Fsp3) is 0.375. The number of phenolic OH excluding ortho intramolecular Hbond substituents is 1. The van der Waals surface area contributed by atoms with Gasteiger partial charge in [-0.2, -0.15) is 5.10 Å². The maximum Gasteiger partial charge on any atom is 0.329 e. The fourth-order valence-corrected chi connectivity index (χ4v) is 2.80. The van der Waals surface area contributed by atoms with E-state index in [1.54, 1.807) is 12.1 Å². The Labute approximate surface area is 178 Å². The number of hydrazone groups is 1. The van der Waals surface area contributed by atoms with Crippen LogP contribution in [0.25, 0.3) is 0 Å². The summed E-state index contributed by atoms with van der Waals surface area (Å²) in [6, 6.07) is 10.9. The Morgan fingerprint density at radius 1 is 0.933 bits per heavy atom. The molecule has 6 heteroatoms. The standard InChI is InChI=1S/C24H31N3O3/c1-15-8-10-18(11-9-15)26-21(29)22(30)27-25-14-16-12-17(23(2,3)4)13-19(20(16)28)24(5,6)7/h8-14,28H,1-7H3,(H,26,29)(H,27,30)/b25-14+. The molecule has 160 valence electrons. The first-order valence-corrected chi connectivity index (χ1v) is 9.88. The van der Waals surface area contributed by atoms with Crippen LogP contribution in [0.5, 0.6) is 5.75 Å². The van der Waals surface area contributed by atoms with Crippen molar-refractivity contribution < 1.29 is 14.7 Å². The molecule has 0 heterocycles. The van der Waals surface area contributed by atoms with E-state index in [1.807, 2.05) is 52.0 Å². The summed E-state index contributed by atoms with van der Waals surface area (Å²) in [4.78, 5) is 24.1. The normalized spacial score (nSPS) is 12.1. The van der Waals surface area contributed by atoms with Gasteiger partial charge in [0.15, 0.2) is 0 Å². The number of rotatable bonds is 3. The van der Waals surface area contributed by atoms with Crippen LogP contribution in [-0.4, -0.2) is 23.1 Å². The zero-order valence-electron chi connectivity index (χ0n) is 18.8. The van der Waals surface area contributed by atoms with Crippen LogP contribution in [0.2, 0.25) is 0 Å². The second kappa shape index (κ2) is 8.69. The Balaban J connectivity index is 2.19. The third kappa shape index (κ3) is 5.92. The summed E-state index contributed by atoms with van der Waals surface area (Å²) in [7, 11) is 0. The zero-order chi connectivity index (χ0) is 22.7. The van der Waals surface area contributed by atoms with Gasteiger partial charge in [-0.15, -0.1) is 0 Å². The quantitative estimate of drug-likeness (QED) is 0.399. The number of hydrogen-bond acceptors (Lipinski definition) is 4. The SMILES string of the molecule is Cc1ccc(NC(=O)C(=O)N/N=C/c2cc(C(C)(C)C)cc(C(C)(C)C)c2O)cc1. The first kappa shape index (κ1) is 23.1. The minimum Gasteiger partial charge on any atom is -0.507 e. The first-order chi connectivity index (χ1) is 13.8. The van der Waals surface area contributed by atoms with Crippen molar-refractivity contribution in [1.29, 1.82) is 0 Å². The van der Waals surface area contributed by atoms with Gasteiger partial charge in [0.05, 0.1) is 6.21 Å². The second-order valence-electron chi connectivity index (χ2n) is 9.48. The van der Waals surface area contributed by atoms with Crippen molar-refractivity contribution in [3.8, 4) is 5.75 Å². The lowest BCUT2D eigenvalue weighted by atomic mass is 9.79. The van der Waals surface area contributed by atoms with Gasteiger partial charge >= 0.3 is 11.8 Å². The van der Waals surface area contributed by atoms with Gasteiger partial charge in [0, 0.05) is 16.8 Å². The van der Waals surface area contributed by atoms with Crippen molar-refractivity contribution in [2.75, 3.05) is 5.32 Å². The number of aryl methyl sites for hydroxylation is 1. The predicted octanol–water partition coefficient (Wildman–Crippen LogP) is 4.38. The van der Waals surface area contributed by atoms with E-state index in [1.165, 1.54) is 6.21 Å². The first-order valence-electron chi connectivity index (χ1n) is 9.88. The van der Waals surface area contributed by atoms with E-state index in [0.717, 1.165) is 16.7 Å². The number of amides is 2. The van der Waals surface area contributed by atoms with E-state index in [4.69, 9.17) is 0 Å². The van der Waals surface area contributed by atoms with Gasteiger partial charge in [-0.1, -0.05) is 65.3 Å². The molecule has 0 bridgehead atoms. The van der Waals surface area contributed by atoms with E-state index in [9.17, 15) is 14.7 Å².